The summed E-state index contributed by atoms with van der Waals surface area (Å²) in [6, 6.07) is 0.679. The molecule has 0 N–H and O–H groups in total. The first kappa shape index (κ1) is 9.83. The van der Waals surface area contributed by atoms with Crippen LogP contribution in [0.4, 0.5) is 0 Å². The van der Waals surface area contributed by atoms with Crippen LogP contribution in [0.25, 0.3) is 0 Å². The zero-order valence-electron chi connectivity index (χ0n) is 9.74. The van der Waals surface area contributed by atoms with Gasteiger partial charge in [-0.25, -0.2) is 0 Å². The topological polar surface area (TPSA) is 17.1 Å². The molecule has 2 nitrogen and oxygen atoms in total. The minimum atomic E-state index is 0.437. The van der Waals surface area contributed by atoms with Gasteiger partial charge in [-0.15, -0.1) is 0 Å². The molecule has 3 aliphatic rings. The summed E-state index contributed by atoms with van der Waals surface area (Å²) in [4.78, 5) is 12.1. The minimum Gasteiger partial charge on any atom is -0.323 e. The number of rotatable bonds is 1. The molecule has 2 bridgehead atoms. The molecule has 0 unspecified atom stereocenters. The Morgan fingerprint density at radius 3 is 2.47 bits per heavy atom. The van der Waals surface area contributed by atoms with E-state index in [1.54, 1.807) is 0 Å². The highest BCUT2D eigenvalue weighted by Crippen LogP contribution is 2.44. The third kappa shape index (κ3) is 1.37. The molecule has 2 aliphatic carbocycles. The number of fused-ring (bicyclic) bond motifs is 2. The molecule has 0 spiro atoms. The molecule has 0 aromatic rings. The molecule has 84 valence electrons. The van der Waals surface area contributed by atoms with Gasteiger partial charge in [-0.2, -0.15) is 0 Å². The maximum atomic E-state index is 12.1. The van der Waals surface area contributed by atoms with Gasteiger partial charge in [0.15, 0.2) is 0 Å². The van der Waals surface area contributed by atoms with Gasteiger partial charge in [0.25, 0.3) is 0 Å². The second-order valence-electron chi connectivity index (χ2n) is 6.06. The fourth-order valence-electron chi connectivity index (χ4n) is 4.35. The summed E-state index contributed by atoms with van der Waals surface area (Å²) in [5, 5.41) is 0. The van der Waals surface area contributed by atoms with Crippen molar-refractivity contribution in [2.24, 2.45) is 11.8 Å². The lowest BCUT2D eigenvalue weighted by atomic mass is 9.82. The van der Waals surface area contributed by atoms with E-state index in [1.165, 1.54) is 56.1 Å². The maximum Gasteiger partial charge on any atom is 0.144 e. The summed E-state index contributed by atoms with van der Waals surface area (Å²) >= 11 is 0. The molecule has 0 amide bonds. The number of hydrogen-bond acceptors (Lipinski definition) is 1. The van der Waals surface area contributed by atoms with Gasteiger partial charge < -0.3 is 4.48 Å². The predicted octanol–water partition coefficient (Wildman–Crippen LogP) is 1.98. The first-order chi connectivity index (χ1) is 7.21. The molecule has 1 heterocycles. The molecular formula is C13H22NO+. The lowest BCUT2D eigenvalue weighted by Gasteiger charge is -2.42. The standard InChI is InChI=1S/C13H22NO/c1-14(8-2-3-9-14)12-7-5-10-4-6-11(12)13(10)15/h10-12H,2-9H2,1H3/q+1/t10-,11+,12-/m1/s1. The summed E-state index contributed by atoms with van der Waals surface area (Å²) in [6.07, 6.45) is 7.64. The Hall–Kier alpha value is -0.370. The van der Waals surface area contributed by atoms with Crippen LogP contribution in [0.2, 0.25) is 0 Å². The summed E-state index contributed by atoms with van der Waals surface area (Å²) < 4.78 is 1.21. The van der Waals surface area contributed by atoms with Gasteiger partial charge in [0, 0.05) is 25.2 Å². The number of carbonyl (C=O) groups is 1. The van der Waals surface area contributed by atoms with Crippen LogP contribution in [-0.2, 0) is 4.79 Å². The van der Waals surface area contributed by atoms with Crippen molar-refractivity contribution in [2.75, 3.05) is 20.1 Å². The third-order valence-electron chi connectivity index (χ3n) is 5.26. The van der Waals surface area contributed by atoms with Gasteiger partial charge in [-0.1, -0.05) is 0 Å². The highest BCUT2D eigenvalue weighted by Gasteiger charge is 2.51. The van der Waals surface area contributed by atoms with Gasteiger partial charge in [-0.05, 0) is 19.3 Å². The molecule has 3 rings (SSSR count). The molecule has 3 fully saturated rings. The lowest BCUT2D eigenvalue weighted by molar-refractivity contribution is -0.925. The molecule has 1 aliphatic heterocycles. The average Bonchev–Trinajstić information content (AvgIpc) is 2.72. The van der Waals surface area contributed by atoms with Gasteiger partial charge in [0.2, 0.25) is 0 Å². The van der Waals surface area contributed by atoms with Crippen molar-refractivity contribution >= 4 is 5.78 Å². The lowest BCUT2D eigenvalue weighted by Crippen LogP contribution is -2.55. The molecule has 1 saturated heterocycles. The fraction of sp³-hybridized carbons (Fsp3) is 0.923. The van der Waals surface area contributed by atoms with E-state index in [9.17, 15) is 4.79 Å². The van der Waals surface area contributed by atoms with Crippen LogP contribution in [-0.4, -0.2) is 36.4 Å². The van der Waals surface area contributed by atoms with Crippen molar-refractivity contribution < 1.29 is 9.28 Å². The predicted molar refractivity (Wildman–Crippen MR) is 59.4 cm³/mol. The zero-order valence-corrected chi connectivity index (χ0v) is 9.74. The highest BCUT2D eigenvalue weighted by molar-refractivity contribution is 5.86. The molecular weight excluding hydrogens is 186 g/mol. The molecule has 0 aromatic heterocycles. The van der Waals surface area contributed by atoms with Gasteiger partial charge >= 0.3 is 0 Å². The van der Waals surface area contributed by atoms with E-state index in [4.69, 9.17) is 0 Å². The number of carbonyl (C=O) groups excluding carboxylic acids is 1. The van der Waals surface area contributed by atoms with Crippen LogP contribution in [0.1, 0.15) is 38.5 Å². The van der Waals surface area contributed by atoms with Crippen molar-refractivity contribution in [1.29, 1.82) is 0 Å². The van der Waals surface area contributed by atoms with Crippen LogP contribution in [0.15, 0.2) is 0 Å². The molecule has 2 saturated carbocycles. The second kappa shape index (κ2) is 3.31. The third-order valence-corrected chi connectivity index (χ3v) is 5.26. The summed E-state index contributed by atoms with van der Waals surface area (Å²) in [5.74, 6) is 1.52. The number of quaternary nitrogens is 1. The van der Waals surface area contributed by atoms with Crippen molar-refractivity contribution in [3.63, 3.8) is 0 Å². The Kier molecular flexibility index (Phi) is 2.17. The van der Waals surface area contributed by atoms with Gasteiger partial charge in [0.05, 0.1) is 32.1 Å². The van der Waals surface area contributed by atoms with E-state index >= 15 is 0 Å². The zero-order chi connectivity index (χ0) is 10.5. The van der Waals surface area contributed by atoms with E-state index in [2.05, 4.69) is 7.05 Å². The first-order valence-electron chi connectivity index (χ1n) is 6.59. The summed E-state index contributed by atoms with van der Waals surface area (Å²) in [6.45, 7) is 2.64. The van der Waals surface area contributed by atoms with Gasteiger partial charge in [0.1, 0.15) is 5.78 Å². The summed E-state index contributed by atoms with van der Waals surface area (Å²) in [7, 11) is 2.39. The Morgan fingerprint density at radius 2 is 1.73 bits per heavy atom. The van der Waals surface area contributed by atoms with Crippen LogP contribution in [0.5, 0.6) is 0 Å². The number of likely N-dealkylation sites (tertiary alicyclic amines) is 1. The van der Waals surface area contributed by atoms with Crippen molar-refractivity contribution in [1.82, 2.24) is 0 Å². The van der Waals surface area contributed by atoms with Crippen molar-refractivity contribution in [3.8, 4) is 0 Å². The van der Waals surface area contributed by atoms with Crippen LogP contribution in [0, 0.1) is 11.8 Å². The smallest absolute Gasteiger partial charge is 0.144 e. The molecule has 15 heavy (non-hydrogen) atoms. The van der Waals surface area contributed by atoms with E-state index in [0.717, 1.165) is 0 Å². The SMILES string of the molecule is C[N+]1([C@@H]2CC[C@H]3CC[C@@H]2C3=O)CCCC1. The van der Waals surface area contributed by atoms with Gasteiger partial charge in [-0.3, -0.25) is 4.79 Å². The number of ketones is 1. The van der Waals surface area contributed by atoms with E-state index in [-0.39, 0.29) is 0 Å². The van der Waals surface area contributed by atoms with Crippen molar-refractivity contribution in [2.45, 2.75) is 44.6 Å². The Bertz CT molecular complexity index is 280. The largest absolute Gasteiger partial charge is 0.323 e. The second-order valence-corrected chi connectivity index (χ2v) is 6.06. The van der Waals surface area contributed by atoms with Crippen LogP contribution in [0.3, 0.4) is 0 Å². The Labute approximate surface area is 92.2 Å². The van der Waals surface area contributed by atoms with Crippen LogP contribution < -0.4 is 0 Å². The van der Waals surface area contributed by atoms with Crippen LogP contribution >= 0.6 is 0 Å². The maximum absolute atomic E-state index is 12.1. The number of hydrogen-bond donors (Lipinski definition) is 0. The molecule has 0 aromatic carbocycles. The van der Waals surface area contributed by atoms with E-state index in [1.807, 2.05) is 0 Å². The highest BCUT2D eigenvalue weighted by atomic mass is 16.1. The monoisotopic (exact) mass is 208 g/mol. The first-order valence-corrected chi connectivity index (χ1v) is 6.59. The van der Waals surface area contributed by atoms with E-state index < -0.39 is 0 Å². The summed E-state index contributed by atoms with van der Waals surface area (Å²) in [5.41, 5.74) is 0. The Balaban J connectivity index is 1.84. The minimum absolute atomic E-state index is 0.437. The number of nitrogens with zero attached hydrogens (tertiary/aromatic N) is 1. The molecule has 0 radical (unpaired) electrons. The fourth-order valence-corrected chi connectivity index (χ4v) is 4.35. The normalized spacial score (nSPS) is 43.5. The molecule has 3 atom stereocenters. The molecule has 2 heteroatoms. The average molecular weight is 208 g/mol. The quantitative estimate of drug-likeness (QED) is 0.602. The van der Waals surface area contributed by atoms with E-state index in [0.29, 0.717) is 23.7 Å². The van der Waals surface area contributed by atoms with Crippen molar-refractivity contribution in [3.05, 3.63) is 0 Å². The Morgan fingerprint density at radius 1 is 1.07 bits per heavy atom. The number of Topliss-reactive ketones (excluding diaryl/α,β-unsaturated/α-hetero) is 1.